The lowest BCUT2D eigenvalue weighted by molar-refractivity contribution is 0.674. The minimum Gasteiger partial charge on any atom is -0.344 e. The third kappa shape index (κ3) is 4.90. The Bertz CT molecular complexity index is 2130. The highest BCUT2D eigenvalue weighted by Gasteiger charge is 2.21. The number of nitrogens with zero attached hydrogens (tertiary/aromatic N) is 3. The highest BCUT2D eigenvalue weighted by Crippen LogP contribution is 2.37. The van der Waals surface area contributed by atoms with Crippen molar-refractivity contribution >= 4 is 44.0 Å². The zero-order valence-electron chi connectivity index (χ0n) is 23.2. The van der Waals surface area contributed by atoms with E-state index in [1.165, 1.54) is 21.0 Å². The number of nitrogens with one attached hydrogen (secondary N) is 1. The van der Waals surface area contributed by atoms with Crippen LogP contribution in [0.25, 0.3) is 42.7 Å². The van der Waals surface area contributed by atoms with E-state index in [0.29, 0.717) is 0 Å². The zero-order chi connectivity index (χ0) is 28.6. The van der Waals surface area contributed by atoms with Crippen LogP contribution < -0.4 is 5.32 Å². The molecule has 0 spiro atoms. The Morgan fingerprint density at radius 1 is 0.558 bits per heavy atom. The van der Waals surface area contributed by atoms with Crippen LogP contribution in [0.4, 0.5) is 0 Å². The van der Waals surface area contributed by atoms with Crippen molar-refractivity contribution < 1.29 is 0 Å². The van der Waals surface area contributed by atoms with E-state index in [4.69, 9.17) is 15.0 Å². The molecule has 8 rings (SSSR count). The lowest BCUT2D eigenvalue weighted by atomic mass is 9.99. The first-order chi connectivity index (χ1) is 21.3. The number of aromatic nitrogens is 1. The van der Waals surface area contributed by atoms with E-state index in [9.17, 15) is 0 Å². The van der Waals surface area contributed by atoms with Crippen LogP contribution in [0.1, 0.15) is 22.9 Å². The Morgan fingerprint density at radius 2 is 1.19 bits per heavy atom. The largest absolute Gasteiger partial charge is 0.344 e. The monoisotopic (exact) mass is 570 g/mol. The van der Waals surface area contributed by atoms with Crippen LogP contribution in [-0.4, -0.2) is 16.7 Å². The predicted molar refractivity (Wildman–Crippen MR) is 180 cm³/mol. The Hall–Kier alpha value is -5.39. The summed E-state index contributed by atoms with van der Waals surface area (Å²) in [7, 11) is 0. The molecular weight excluding hydrogens is 545 g/mol. The third-order valence-electron chi connectivity index (χ3n) is 7.77. The van der Waals surface area contributed by atoms with Crippen LogP contribution in [0.15, 0.2) is 156 Å². The second-order valence-corrected chi connectivity index (χ2v) is 11.5. The Morgan fingerprint density at radius 3 is 1.93 bits per heavy atom. The topological polar surface area (TPSA) is 49.6 Å². The zero-order valence-corrected chi connectivity index (χ0v) is 24.0. The third-order valence-corrected chi connectivity index (χ3v) is 8.93. The molecule has 5 heteroatoms. The number of thiazole rings is 1. The van der Waals surface area contributed by atoms with Crippen LogP contribution in [0.2, 0.25) is 0 Å². The summed E-state index contributed by atoms with van der Waals surface area (Å²) >= 11 is 1.76. The summed E-state index contributed by atoms with van der Waals surface area (Å²) in [6.45, 7) is 0. The van der Waals surface area contributed by atoms with Gasteiger partial charge in [-0.2, -0.15) is 0 Å². The first kappa shape index (κ1) is 25.3. The normalized spacial score (nSPS) is 14.7. The number of fused-ring (bicyclic) bond motifs is 3. The molecule has 1 aromatic heterocycles. The fourth-order valence-corrected chi connectivity index (χ4v) is 6.62. The van der Waals surface area contributed by atoms with Gasteiger partial charge in [0.1, 0.15) is 17.0 Å². The van der Waals surface area contributed by atoms with Crippen LogP contribution in [0.5, 0.6) is 0 Å². The first-order valence-electron chi connectivity index (χ1n) is 14.3. The average Bonchev–Trinajstić information content (AvgIpc) is 3.54. The average molecular weight is 571 g/mol. The lowest BCUT2D eigenvalue weighted by Crippen LogP contribution is -2.33. The maximum absolute atomic E-state index is 4.95. The number of benzene rings is 6. The van der Waals surface area contributed by atoms with E-state index in [0.717, 1.165) is 50.0 Å². The van der Waals surface area contributed by atoms with Gasteiger partial charge in [0.15, 0.2) is 5.84 Å². The second-order valence-electron chi connectivity index (χ2n) is 10.5. The van der Waals surface area contributed by atoms with Gasteiger partial charge in [0.25, 0.3) is 0 Å². The molecule has 7 aromatic rings. The van der Waals surface area contributed by atoms with E-state index < -0.39 is 0 Å². The molecule has 0 amide bonds. The smallest absolute Gasteiger partial charge is 0.159 e. The number of amidine groups is 2. The molecule has 2 heterocycles. The van der Waals surface area contributed by atoms with Gasteiger partial charge in [-0.1, -0.05) is 133 Å². The lowest BCUT2D eigenvalue weighted by Gasteiger charge is -2.23. The molecule has 1 atom stereocenters. The quantitative estimate of drug-likeness (QED) is 0.224. The Balaban J connectivity index is 1.14. The number of hydrogen-bond acceptors (Lipinski definition) is 5. The van der Waals surface area contributed by atoms with Gasteiger partial charge in [-0.25, -0.2) is 15.0 Å². The second kappa shape index (κ2) is 10.8. The van der Waals surface area contributed by atoms with Gasteiger partial charge < -0.3 is 5.32 Å². The van der Waals surface area contributed by atoms with Crippen LogP contribution in [-0.2, 0) is 0 Å². The molecule has 1 aliphatic heterocycles. The van der Waals surface area contributed by atoms with Crippen molar-refractivity contribution in [3.05, 3.63) is 162 Å². The Kier molecular flexibility index (Phi) is 6.35. The van der Waals surface area contributed by atoms with Gasteiger partial charge in [-0.05, 0) is 34.2 Å². The summed E-state index contributed by atoms with van der Waals surface area (Å²) in [4.78, 5) is 14.8. The molecule has 0 saturated carbocycles. The molecular formula is C38H26N4S. The number of hydrogen-bond donors (Lipinski definition) is 1. The fourth-order valence-electron chi connectivity index (χ4n) is 5.53. The molecule has 0 fully saturated rings. The number of aliphatic imine (C=N–C) groups is 2. The van der Waals surface area contributed by atoms with Gasteiger partial charge in [0.2, 0.25) is 0 Å². The molecule has 0 saturated heterocycles. The molecule has 204 valence electrons. The summed E-state index contributed by atoms with van der Waals surface area (Å²) in [6.07, 6.45) is -0.216. The number of rotatable bonds is 5. The van der Waals surface area contributed by atoms with Gasteiger partial charge in [-0.15, -0.1) is 11.3 Å². The van der Waals surface area contributed by atoms with Gasteiger partial charge >= 0.3 is 0 Å². The van der Waals surface area contributed by atoms with Gasteiger partial charge in [0.05, 0.1) is 10.2 Å². The van der Waals surface area contributed by atoms with E-state index in [1.54, 1.807) is 11.3 Å². The molecule has 0 aliphatic carbocycles. The highest BCUT2D eigenvalue weighted by atomic mass is 32.1. The van der Waals surface area contributed by atoms with Gasteiger partial charge in [0, 0.05) is 22.1 Å². The molecule has 0 radical (unpaired) electrons. The molecule has 6 aromatic carbocycles. The van der Waals surface area contributed by atoms with E-state index in [-0.39, 0.29) is 6.17 Å². The maximum atomic E-state index is 4.95. The van der Waals surface area contributed by atoms with Gasteiger partial charge in [-0.3, -0.25) is 0 Å². The van der Waals surface area contributed by atoms with Crippen molar-refractivity contribution in [1.82, 2.24) is 10.3 Å². The van der Waals surface area contributed by atoms with E-state index >= 15 is 0 Å². The minimum absolute atomic E-state index is 0.216. The summed E-state index contributed by atoms with van der Waals surface area (Å²) in [5.74, 6) is 1.54. The standard InChI is InChI=1S/C38H26N4S/c1-4-10-27(11-5-1)35-40-36(28-12-6-2-7-13-28)42-37(41-35)29-19-16-25(17-20-29)31-21-18-26-22-23-33-34(32(26)24-31)43-38(39-33)30-14-8-3-9-15-30/h1-24,35H,(H,40,41,42). The fraction of sp³-hybridized carbons (Fsp3) is 0.0263. The molecule has 1 unspecified atom stereocenters. The molecule has 0 bridgehead atoms. The minimum atomic E-state index is -0.216. The summed E-state index contributed by atoms with van der Waals surface area (Å²) in [6, 6.07) is 50.5. The van der Waals surface area contributed by atoms with Crippen molar-refractivity contribution in [1.29, 1.82) is 0 Å². The van der Waals surface area contributed by atoms with Crippen molar-refractivity contribution in [3.8, 4) is 21.7 Å². The summed E-state index contributed by atoms with van der Waals surface area (Å²) < 4.78 is 1.22. The molecule has 1 N–H and O–H groups in total. The van der Waals surface area contributed by atoms with Crippen molar-refractivity contribution in [2.75, 3.05) is 0 Å². The van der Waals surface area contributed by atoms with E-state index in [1.807, 2.05) is 42.5 Å². The molecule has 1 aliphatic rings. The van der Waals surface area contributed by atoms with Crippen molar-refractivity contribution in [3.63, 3.8) is 0 Å². The summed E-state index contributed by atoms with van der Waals surface area (Å²) in [5, 5.41) is 7.06. The predicted octanol–water partition coefficient (Wildman–Crippen LogP) is 9.28. The summed E-state index contributed by atoms with van der Waals surface area (Å²) in [5.41, 5.74) is 7.64. The molecule has 43 heavy (non-hydrogen) atoms. The molecule has 4 nitrogen and oxygen atoms in total. The first-order valence-corrected chi connectivity index (χ1v) is 15.1. The van der Waals surface area contributed by atoms with Crippen LogP contribution >= 0.6 is 11.3 Å². The van der Waals surface area contributed by atoms with Crippen LogP contribution in [0.3, 0.4) is 0 Å². The highest BCUT2D eigenvalue weighted by molar-refractivity contribution is 7.22. The van der Waals surface area contributed by atoms with Crippen LogP contribution in [0, 0.1) is 0 Å². The Labute approximate surface area is 253 Å². The maximum Gasteiger partial charge on any atom is 0.159 e. The van der Waals surface area contributed by atoms with Crippen molar-refractivity contribution in [2.24, 2.45) is 9.98 Å². The van der Waals surface area contributed by atoms with Crippen molar-refractivity contribution in [2.45, 2.75) is 6.17 Å². The van der Waals surface area contributed by atoms with E-state index in [2.05, 4.69) is 108 Å². The SMILES string of the molecule is c1ccc(C2=NC(c3ccccc3)NC(c3ccc(-c4ccc5ccc6nc(-c7ccccc7)sc6c5c4)cc3)=N2)cc1.